The van der Waals surface area contributed by atoms with E-state index in [9.17, 15) is 0 Å². The molecule has 0 amide bonds. The first kappa shape index (κ1) is 34.4. The molecule has 4 heavy (non-hydrogen) atoms. The van der Waals surface area contributed by atoms with Gasteiger partial charge in [-0.3, -0.25) is 0 Å². The first-order valence-corrected chi connectivity index (χ1v) is 0. The zero-order valence-electron chi connectivity index (χ0n) is 0.707. The van der Waals surface area contributed by atoms with Crippen LogP contribution in [0.15, 0.2) is 0 Å². The molecule has 0 aromatic carbocycles. The molecule has 0 nitrogen and oxygen atoms in total. The maximum atomic E-state index is 0. The van der Waals surface area contributed by atoms with E-state index in [2.05, 4.69) is 0 Å². The molecule has 0 aromatic rings. The normalized spacial score (nSPS) is 0. The summed E-state index contributed by atoms with van der Waals surface area (Å²) in [7, 11) is 0. The van der Waals surface area contributed by atoms with Gasteiger partial charge in [-0.1, -0.05) is 0 Å². The number of rotatable bonds is 0. The monoisotopic (exact) mass is 154 g/mol. The van der Waals surface area contributed by atoms with Crippen molar-refractivity contribution in [3.63, 3.8) is 0 Å². The van der Waals surface area contributed by atoms with E-state index >= 15 is 0 Å². The molecule has 20 valence electrons. The molecule has 0 aliphatic carbocycles. The second kappa shape index (κ2) is 18.9. The standard InChI is InChI=1S/3Al.Zn.9H. The van der Waals surface area contributed by atoms with Crippen molar-refractivity contribution < 1.29 is 19.5 Å². The minimum Gasteiger partial charge on any atom is 0 e. The van der Waals surface area contributed by atoms with Crippen molar-refractivity contribution in [2.45, 2.75) is 0 Å². The number of hydrogen-bond donors (Lipinski definition) is 0. The zero-order chi connectivity index (χ0) is 0. The quantitative estimate of drug-likeness (QED) is 0.318. The van der Waals surface area contributed by atoms with Crippen LogP contribution in [0.5, 0.6) is 0 Å². The van der Waals surface area contributed by atoms with Gasteiger partial charge in [0, 0.05) is 19.5 Å². The molecule has 0 saturated carbocycles. The summed E-state index contributed by atoms with van der Waals surface area (Å²) in [5.41, 5.74) is 0. The van der Waals surface area contributed by atoms with Crippen LogP contribution in [0.1, 0.15) is 0 Å². The molecule has 0 N–H and O–H groups in total. The molecule has 0 bridgehead atoms. The Morgan fingerprint density at radius 2 is 0.500 bits per heavy atom. The van der Waals surface area contributed by atoms with Gasteiger partial charge in [0.1, 0.15) is 0 Å². The van der Waals surface area contributed by atoms with Crippen molar-refractivity contribution in [1.29, 1.82) is 0 Å². The third kappa shape index (κ3) is 8.88. The third-order valence-electron chi connectivity index (χ3n) is 0. The summed E-state index contributed by atoms with van der Waals surface area (Å²) in [6.45, 7) is 0. The second-order valence-corrected chi connectivity index (χ2v) is 0. The van der Waals surface area contributed by atoms with Gasteiger partial charge >= 0.3 is 0 Å². The van der Waals surface area contributed by atoms with Crippen LogP contribution in [0.3, 0.4) is 0 Å². The summed E-state index contributed by atoms with van der Waals surface area (Å²) in [5.74, 6) is 0. The molecule has 0 aliphatic heterocycles. The van der Waals surface area contributed by atoms with Crippen molar-refractivity contribution in [2.75, 3.05) is 0 Å². The first-order valence-electron chi connectivity index (χ1n) is 0. The smallest absolute Gasteiger partial charge is 0 e. The molecule has 0 radical (unpaired) electrons. The van der Waals surface area contributed by atoms with Crippen LogP contribution in [-0.4, -0.2) is 52.1 Å². The molecule has 0 spiro atoms. The fourth-order valence-corrected chi connectivity index (χ4v) is 0. The van der Waals surface area contributed by atoms with E-state index in [1.807, 2.05) is 0 Å². The summed E-state index contributed by atoms with van der Waals surface area (Å²) in [5, 5.41) is 0. The molecule has 0 aliphatic rings. The van der Waals surface area contributed by atoms with E-state index in [1.165, 1.54) is 0 Å². The van der Waals surface area contributed by atoms with Crippen LogP contribution in [0.25, 0.3) is 0 Å². The van der Waals surface area contributed by atoms with Crippen LogP contribution in [0.4, 0.5) is 0 Å². The molecule has 0 atom stereocenters. The average Bonchev–Trinajstić information content (AvgIpc) is 0. The molecule has 4 heteroatoms. The van der Waals surface area contributed by atoms with E-state index in [-0.39, 0.29) is 71.6 Å². The van der Waals surface area contributed by atoms with Gasteiger partial charge in [0.2, 0.25) is 0 Å². The Hall–Kier alpha value is 2.22. The van der Waals surface area contributed by atoms with E-state index in [1.54, 1.807) is 0 Å². The van der Waals surface area contributed by atoms with Crippen LogP contribution in [0, 0.1) is 0 Å². The second-order valence-electron chi connectivity index (χ2n) is 0. The van der Waals surface area contributed by atoms with Gasteiger partial charge in [-0.15, -0.1) is 0 Å². The Labute approximate surface area is 70.9 Å². The van der Waals surface area contributed by atoms with Crippen molar-refractivity contribution in [3.8, 4) is 0 Å². The summed E-state index contributed by atoms with van der Waals surface area (Å²) in [6, 6.07) is 0. The molecule has 0 fully saturated rings. The van der Waals surface area contributed by atoms with E-state index in [4.69, 9.17) is 0 Å². The predicted molar refractivity (Wildman–Crippen MR) is 29.8 cm³/mol. The Morgan fingerprint density at radius 1 is 0.500 bits per heavy atom. The van der Waals surface area contributed by atoms with Gasteiger partial charge in [0.25, 0.3) is 0 Å². The first-order chi connectivity index (χ1) is 0. The average molecular weight is 155 g/mol. The topological polar surface area (TPSA) is 0 Å². The maximum Gasteiger partial charge on any atom is 0.187 e. The maximum absolute atomic E-state index is 0. The van der Waals surface area contributed by atoms with Crippen molar-refractivity contribution >= 4 is 52.1 Å². The summed E-state index contributed by atoms with van der Waals surface area (Å²) in [6.07, 6.45) is 0. The van der Waals surface area contributed by atoms with Crippen LogP contribution >= 0.6 is 0 Å². The molecule has 0 rings (SSSR count). The summed E-state index contributed by atoms with van der Waals surface area (Å²) in [4.78, 5) is 0. The minimum atomic E-state index is 0. The molecular formula is H9Al3Zn. The van der Waals surface area contributed by atoms with Crippen molar-refractivity contribution in [2.24, 2.45) is 0 Å². The molecular weight excluding hydrogens is 146 g/mol. The largest absolute Gasteiger partial charge is 0.187 e. The van der Waals surface area contributed by atoms with E-state index < -0.39 is 0 Å². The van der Waals surface area contributed by atoms with E-state index in [0.717, 1.165) is 0 Å². The van der Waals surface area contributed by atoms with Gasteiger partial charge in [0.05, 0.1) is 0 Å². The van der Waals surface area contributed by atoms with Gasteiger partial charge in [-0.25, -0.2) is 0 Å². The predicted octanol–water partition coefficient (Wildman–Crippen LogP) is -3.55. The Balaban J connectivity index is 0. The van der Waals surface area contributed by atoms with Crippen LogP contribution in [0.2, 0.25) is 0 Å². The van der Waals surface area contributed by atoms with Gasteiger partial charge in [-0.2, -0.15) is 0 Å². The fraction of sp³-hybridized carbons (Fsp3) is 0. The zero-order valence-corrected chi connectivity index (χ0v) is 3.67. The molecule has 0 heterocycles. The third-order valence-corrected chi connectivity index (χ3v) is 0. The van der Waals surface area contributed by atoms with Crippen molar-refractivity contribution in [1.82, 2.24) is 0 Å². The number of hydrogen-bond acceptors (Lipinski definition) is 0. The Morgan fingerprint density at radius 3 is 0.500 bits per heavy atom. The van der Waals surface area contributed by atoms with Crippen LogP contribution in [-0.2, 0) is 19.5 Å². The van der Waals surface area contributed by atoms with Crippen molar-refractivity contribution in [3.05, 3.63) is 0 Å². The summed E-state index contributed by atoms with van der Waals surface area (Å²) < 4.78 is 0. The molecule has 0 unspecified atom stereocenters. The molecule has 0 aromatic heterocycles. The Bertz CT molecular complexity index is 3.25. The molecule has 0 saturated heterocycles. The van der Waals surface area contributed by atoms with Gasteiger partial charge < -0.3 is 0 Å². The Kier molecular flexibility index (Phi) is 162. The SMILES string of the molecule is [AlH3].[AlH3].[AlH3].[Zn]. The van der Waals surface area contributed by atoms with Gasteiger partial charge in [-0.05, 0) is 0 Å². The minimum absolute atomic E-state index is 0. The van der Waals surface area contributed by atoms with E-state index in [0.29, 0.717) is 0 Å². The summed E-state index contributed by atoms with van der Waals surface area (Å²) >= 11 is 0. The van der Waals surface area contributed by atoms with Gasteiger partial charge in [0.15, 0.2) is 52.1 Å². The fourth-order valence-electron chi connectivity index (χ4n) is 0. The van der Waals surface area contributed by atoms with Crippen LogP contribution < -0.4 is 0 Å².